The molecule has 13 rings (SSSR count). The minimum absolute atomic E-state index is 0.0213. The van der Waals surface area contributed by atoms with Crippen LogP contribution in [0, 0.1) is 0 Å². The molecular weight excluding hydrogens is 701 g/mol. The molecule has 58 heavy (non-hydrogen) atoms. The van der Waals surface area contributed by atoms with Gasteiger partial charge in [0.1, 0.15) is 0 Å². The first-order valence-corrected chi connectivity index (χ1v) is 20.8. The highest BCUT2D eigenvalue weighted by Gasteiger charge is 2.43. The lowest BCUT2D eigenvalue weighted by Crippen LogP contribution is -2.55. The number of para-hydroxylation sites is 3. The van der Waals surface area contributed by atoms with E-state index < -0.39 is 0 Å². The summed E-state index contributed by atoms with van der Waals surface area (Å²) in [5.74, 6) is 0. The average Bonchev–Trinajstić information content (AvgIpc) is 3.86. The van der Waals surface area contributed by atoms with Gasteiger partial charge in [-0.25, -0.2) is 0 Å². The fourth-order valence-corrected chi connectivity index (χ4v) is 11.0. The average molecular weight is 744 g/mol. The number of hydrogen-bond donors (Lipinski definition) is 0. The van der Waals surface area contributed by atoms with Crippen molar-refractivity contribution in [2.45, 2.75) is 52.4 Å². The summed E-state index contributed by atoms with van der Waals surface area (Å²) < 4.78 is 7.86. The summed E-state index contributed by atoms with van der Waals surface area (Å²) in [6.07, 6.45) is 0. The predicted octanol–water partition coefficient (Wildman–Crippen LogP) is 12.7. The maximum atomic E-state index is 2.75. The third-order valence-electron chi connectivity index (χ3n) is 13.7. The molecule has 4 heteroatoms. The molecule has 8 aromatic carbocycles. The number of fused-ring (bicyclic) bond motifs is 17. The fourth-order valence-electron chi connectivity index (χ4n) is 11.0. The van der Waals surface area contributed by atoms with Gasteiger partial charge in [0.2, 0.25) is 0 Å². The maximum Gasteiger partial charge on any atom is 0.333 e. The number of nitrogens with zero attached hydrogens (tertiary/aromatic N) is 3. The molecular formula is C54H42BN3. The fraction of sp³-hybridized carbons (Fsp3) is 0.148. The van der Waals surface area contributed by atoms with Gasteiger partial charge in [-0.2, -0.15) is 0 Å². The molecule has 0 bridgehead atoms. The Bertz CT molecular complexity index is 3640. The second-order valence-corrected chi connectivity index (χ2v) is 19.0. The molecule has 0 amide bonds. The van der Waals surface area contributed by atoms with Crippen LogP contribution in [-0.2, 0) is 10.8 Å². The van der Waals surface area contributed by atoms with Crippen LogP contribution < -0.4 is 10.9 Å². The van der Waals surface area contributed by atoms with Gasteiger partial charge in [0.05, 0.1) is 22.1 Å². The second-order valence-electron chi connectivity index (χ2n) is 19.0. The van der Waals surface area contributed by atoms with E-state index in [0.29, 0.717) is 0 Å². The van der Waals surface area contributed by atoms with E-state index in [-0.39, 0.29) is 17.7 Å². The minimum atomic E-state index is -0.0472. The molecule has 0 saturated carbocycles. The Morgan fingerprint density at radius 1 is 0.431 bits per heavy atom. The van der Waals surface area contributed by atoms with Crippen molar-refractivity contribution in [2.24, 2.45) is 0 Å². The largest absolute Gasteiger partial charge is 0.375 e. The highest BCUT2D eigenvalue weighted by Crippen LogP contribution is 2.49. The topological polar surface area (TPSA) is 14.8 Å². The van der Waals surface area contributed by atoms with Crippen molar-refractivity contribution >= 4 is 94.0 Å². The van der Waals surface area contributed by atoms with Gasteiger partial charge in [-0.15, -0.1) is 0 Å². The molecule has 0 N–H and O–H groups in total. The van der Waals surface area contributed by atoms with Crippen LogP contribution in [0.1, 0.15) is 52.7 Å². The monoisotopic (exact) mass is 743 g/mol. The van der Waals surface area contributed by atoms with Crippen molar-refractivity contribution in [2.75, 3.05) is 0 Å². The van der Waals surface area contributed by atoms with Gasteiger partial charge in [-0.3, -0.25) is 0 Å². The van der Waals surface area contributed by atoms with Crippen molar-refractivity contribution < 1.29 is 0 Å². The number of rotatable bonds is 1. The van der Waals surface area contributed by atoms with E-state index in [1.165, 1.54) is 121 Å². The van der Waals surface area contributed by atoms with Crippen LogP contribution in [0.15, 0.2) is 146 Å². The van der Waals surface area contributed by atoms with Crippen LogP contribution in [0.2, 0.25) is 0 Å². The van der Waals surface area contributed by atoms with Gasteiger partial charge in [0.25, 0.3) is 0 Å². The summed E-state index contributed by atoms with van der Waals surface area (Å²) in [6, 6.07) is 55.7. The molecule has 0 fully saturated rings. The summed E-state index contributed by atoms with van der Waals surface area (Å²) in [5.41, 5.74) is 18.4. The summed E-state index contributed by atoms with van der Waals surface area (Å²) in [4.78, 5) is 0. The Balaban J connectivity index is 1.31. The Morgan fingerprint density at radius 3 is 1.79 bits per heavy atom. The van der Waals surface area contributed by atoms with E-state index >= 15 is 0 Å². The first-order chi connectivity index (χ1) is 28.1. The number of benzene rings is 8. The van der Waals surface area contributed by atoms with Crippen molar-refractivity contribution in [1.29, 1.82) is 0 Å². The first kappa shape index (κ1) is 32.6. The molecule has 11 aromatic rings. The highest BCUT2D eigenvalue weighted by molar-refractivity contribution is 6.90. The Kier molecular flexibility index (Phi) is 6.01. The molecule has 0 spiro atoms. The van der Waals surface area contributed by atoms with Crippen LogP contribution in [0.5, 0.6) is 0 Å². The van der Waals surface area contributed by atoms with Crippen molar-refractivity contribution in [3.8, 4) is 22.5 Å². The van der Waals surface area contributed by atoms with Gasteiger partial charge in [0.15, 0.2) is 0 Å². The quantitative estimate of drug-likeness (QED) is 0.149. The maximum absolute atomic E-state index is 2.75. The van der Waals surface area contributed by atoms with Crippen LogP contribution in [-0.4, -0.2) is 20.5 Å². The molecule has 0 aliphatic carbocycles. The molecule has 3 nitrogen and oxygen atoms in total. The zero-order valence-corrected chi connectivity index (χ0v) is 33.8. The molecule has 2 aliphatic heterocycles. The normalized spacial score (nSPS) is 13.7. The first-order valence-electron chi connectivity index (χ1n) is 20.8. The zero-order chi connectivity index (χ0) is 39.0. The third-order valence-corrected chi connectivity index (χ3v) is 13.7. The standard InChI is InChI=1S/C54H42BN3/c1-53(2,3)31-24-25-45-38(26-31)40-27-32(54(4,5)6)28-41-48-35-19-10-11-20-36(35)49-37-21-13-15-23-44(37)57-47-29-39-34-18-12-14-22-43(34)56(33-16-8-7-9-17-33)46(39)30-42(47)55(50(48)52(49)57)58(45)51(40)41/h7-30H,1-6H3. The van der Waals surface area contributed by atoms with Gasteiger partial charge in [-0.1, -0.05) is 126 Å². The van der Waals surface area contributed by atoms with Gasteiger partial charge < -0.3 is 13.6 Å². The number of aromatic nitrogens is 3. The Morgan fingerprint density at radius 2 is 1.05 bits per heavy atom. The van der Waals surface area contributed by atoms with E-state index in [0.717, 1.165) is 0 Å². The lowest BCUT2D eigenvalue weighted by atomic mass is 9.45. The summed E-state index contributed by atoms with van der Waals surface area (Å²) in [6.45, 7) is 14.1. The van der Waals surface area contributed by atoms with Crippen LogP contribution in [0.4, 0.5) is 0 Å². The smallest absolute Gasteiger partial charge is 0.333 e. The highest BCUT2D eigenvalue weighted by atomic mass is 15.0. The minimum Gasteiger partial charge on any atom is -0.375 e. The molecule has 2 aliphatic rings. The predicted molar refractivity (Wildman–Crippen MR) is 249 cm³/mol. The lowest BCUT2D eigenvalue weighted by molar-refractivity contribution is 0.590. The van der Waals surface area contributed by atoms with Crippen molar-refractivity contribution in [3.05, 3.63) is 157 Å². The molecule has 0 unspecified atom stereocenters. The lowest BCUT2D eigenvalue weighted by Gasteiger charge is -2.35. The van der Waals surface area contributed by atoms with Gasteiger partial charge >= 0.3 is 6.85 Å². The summed E-state index contributed by atoms with van der Waals surface area (Å²) in [5, 5.41) is 10.6. The molecule has 0 radical (unpaired) electrons. The molecule has 3 aromatic heterocycles. The molecule has 276 valence electrons. The van der Waals surface area contributed by atoms with E-state index in [1.54, 1.807) is 0 Å². The zero-order valence-electron chi connectivity index (χ0n) is 33.8. The van der Waals surface area contributed by atoms with Gasteiger partial charge in [-0.05, 0) is 110 Å². The SMILES string of the molecule is CC(C)(C)c1ccc2c(c1)c1cc(C(C)(C)C)cc3c1n2B1c2cc4c(cc2-n2c5ccccc5c5c6ccccc6c-3c1c52)c1ccccc1n4-c1ccccc1. The third kappa shape index (κ3) is 3.96. The van der Waals surface area contributed by atoms with Crippen LogP contribution >= 0.6 is 0 Å². The second kappa shape index (κ2) is 10.7. The number of hydrogen-bond acceptors (Lipinski definition) is 0. The summed E-state index contributed by atoms with van der Waals surface area (Å²) >= 11 is 0. The summed E-state index contributed by atoms with van der Waals surface area (Å²) in [7, 11) is 0. The van der Waals surface area contributed by atoms with Gasteiger partial charge in [0, 0.05) is 60.3 Å². The van der Waals surface area contributed by atoms with E-state index in [1.807, 2.05) is 0 Å². The van der Waals surface area contributed by atoms with Crippen molar-refractivity contribution in [3.63, 3.8) is 0 Å². The van der Waals surface area contributed by atoms with E-state index in [4.69, 9.17) is 0 Å². The molecule has 0 atom stereocenters. The molecule has 0 saturated heterocycles. The Hall–Kier alpha value is -6.52. The van der Waals surface area contributed by atoms with Crippen molar-refractivity contribution in [1.82, 2.24) is 13.6 Å². The Labute approximate surface area is 337 Å². The van der Waals surface area contributed by atoms with Crippen LogP contribution in [0.25, 0.3) is 98.7 Å². The van der Waals surface area contributed by atoms with Crippen LogP contribution in [0.3, 0.4) is 0 Å². The van der Waals surface area contributed by atoms with E-state index in [9.17, 15) is 0 Å². The van der Waals surface area contributed by atoms with E-state index in [2.05, 4.69) is 201 Å². The molecule has 5 heterocycles.